The van der Waals surface area contributed by atoms with Crippen LogP contribution in [0, 0.1) is 12.8 Å². The maximum Gasteiger partial charge on any atom is 0.416 e. The topological polar surface area (TPSA) is 58.2 Å². The maximum atomic E-state index is 12.9. The second-order valence-electron chi connectivity index (χ2n) is 5.67. The molecule has 1 aromatic carbocycles. The highest BCUT2D eigenvalue weighted by molar-refractivity contribution is 7.89. The molecule has 1 heterocycles. The van der Waals surface area contributed by atoms with Crippen LogP contribution in [-0.2, 0) is 16.2 Å². The molecule has 9 heteroatoms. The van der Waals surface area contributed by atoms with Gasteiger partial charge in [0, 0.05) is 12.6 Å². The van der Waals surface area contributed by atoms with E-state index < -0.39 is 21.8 Å². The predicted octanol–water partition coefficient (Wildman–Crippen LogP) is 2.71. The molecule has 0 aliphatic carbocycles. The van der Waals surface area contributed by atoms with Crippen molar-refractivity contribution in [3.63, 3.8) is 0 Å². The molecule has 1 aromatic rings. The molecule has 0 aromatic heterocycles. The summed E-state index contributed by atoms with van der Waals surface area (Å²) in [6, 6.07) is 2.75. The van der Waals surface area contributed by atoms with E-state index in [2.05, 4.69) is 10.0 Å². The summed E-state index contributed by atoms with van der Waals surface area (Å²) < 4.78 is 65.9. The summed E-state index contributed by atoms with van der Waals surface area (Å²) in [5, 5.41) is 3.08. The number of hydrogen-bond donors (Lipinski definition) is 2. The number of hydrogen-bond acceptors (Lipinski definition) is 3. The van der Waals surface area contributed by atoms with Crippen molar-refractivity contribution in [3.8, 4) is 0 Å². The largest absolute Gasteiger partial charge is 0.416 e. The molecule has 1 fully saturated rings. The summed E-state index contributed by atoms with van der Waals surface area (Å²) in [5.41, 5.74) is -0.927. The lowest BCUT2D eigenvalue weighted by Gasteiger charge is -2.30. The summed E-state index contributed by atoms with van der Waals surface area (Å²) in [4.78, 5) is -0.358. The van der Waals surface area contributed by atoms with Crippen LogP contribution in [0.25, 0.3) is 0 Å². The Bertz CT molecular complexity index is 650. The number of alkyl halides is 3. The van der Waals surface area contributed by atoms with E-state index in [1.54, 1.807) is 0 Å². The van der Waals surface area contributed by atoms with Crippen LogP contribution in [0.15, 0.2) is 23.1 Å². The van der Waals surface area contributed by atoms with Crippen LogP contribution in [0.5, 0.6) is 0 Å². The molecule has 0 radical (unpaired) electrons. The first-order valence-electron chi connectivity index (χ1n) is 7.02. The lowest BCUT2D eigenvalue weighted by Crippen LogP contribution is -2.50. The molecule has 0 bridgehead atoms. The van der Waals surface area contributed by atoms with Gasteiger partial charge in [0.1, 0.15) is 0 Å². The highest BCUT2D eigenvalue weighted by Crippen LogP contribution is 2.33. The Kier molecular flexibility index (Phi) is 6.48. The summed E-state index contributed by atoms with van der Waals surface area (Å²) in [7, 11) is -3.98. The lowest BCUT2D eigenvalue weighted by molar-refractivity contribution is -0.138. The minimum Gasteiger partial charge on any atom is -0.315 e. The molecule has 0 spiro atoms. The fourth-order valence-corrected chi connectivity index (χ4v) is 3.86. The first kappa shape index (κ1) is 20.2. The summed E-state index contributed by atoms with van der Waals surface area (Å²) in [6.45, 7) is 4.50. The van der Waals surface area contributed by atoms with Crippen LogP contribution in [0.2, 0.25) is 0 Å². The number of aryl methyl sites for hydroxylation is 1. The molecule has 2 atom stereocenters. The molecule has 0 saturated carbocycles. The number of sulfonamides is 1. The van der Waals surface area contributed by atoms with Gasteiger partial charge in [-0.25, -0.2) is 13.1 Å². The van der Waals surface area contributed by atoms with Crippen LogP contribution in [0.4, 0.5) is 13.2 Å². The smallest absolute Gasteiger partial charge is 0.315 e. The number of piperidine rings is 1. The van der Waals surface area contributed by atoms with Gasteiger partial charge in [0.2, 0.25) is 10.0 Å². The zero-order chi connectivity index (χ0) is 16.5. The van der Waals surface area contributed by atoms with E-state index in [1.807, 2.05) is 6.92 Å². The minimum atomic E-state index is -4.57. The maximum absolute atomic E-state index is 12.9. The zero-order valence-corrected chi connectivity index (χ0v) is 14.4. The Morgan fingerprint density at radius 1 is 1.30 bits per heavy atom. The highest BCUT2D eigenvalue weighted by atomic mass is 35.5. The van der Waals surface area contributed by atoms with Crippen molar-refractivity contribution in [1.29, 1.82) is 0 Å². The average molecular weight is 373 g/mol. The molecule has 1 saturated heterocycles. The van der Waals surface area contributed by atoms with Gasteiger partial charge in [-0.3, -0.25) is 0 Å². The number of benzene rings is 1. The Morgan fingerprint density at radius 3 is 2.52 bits per heavy atom. The Labute approximate surface area is 140 Å². The Hall–Kier alpha value is -0.830. The van der Waals surface area contributed by atoms with Gasteiger partial charge in [-0.15, -0.1) is 12.4 Å². The van der Waals surface area contributed by atoms with Gasteiger partial charge in [-0.2, -0.15) is 13.2 Å². The van der Waals surface area contributed by atoms with Crippen LogP contribution in [0.1, 0.15) is 24.5 Å². The first-order chi connectivity index (χ1) is 10.1. The Morgan fingerprint density at radius 2 is 1.96 bits per heavy atom. The van der Waals surface area contributed by atoms with Gasteiger partial charge in [0.15, 0.2) is 0 Å². The number of rotatable bonds is 3. The van der Waals surface area contributed by atoms with Crippen LogP contribution >= 0.6 is 12.4 Å². The fourth-order valence-electron chi connectivity index (χ4n) is 2.49. The van der Waals surface area contributed by atoms with Crippen LogP contribution in [0.3, 0.4) is 0 Å². The fraction of sp³-hybridized carbons (Fsp3) is 0.571. The van der Waals surface area contributed by atoms with Gasteiger partial charge in [-0.1, -0.05) is 13.0 Å². The van der Waals surface area contributed by atoms with Crippen molar-refractivity contribution in [2.45, 2.75) is 37.4 Å². The number of nitrogens with one attached hydrogen (secondary N) is 2. The van der Waals surface area contributed by atoms with Gasteiger partial charge < -0.3 is 5.32 Å². The zero-order valence-electron chi connectivity index (χ0n) is 12.8. The molecular formula is C14H20ClF3N2O2S. The van der Waals surface area contributed by atoms with Gasteiger partial charge in [0.05, 0.1) is 10.5 Å². The van der Waals surface area contributed by atoms with E-state index in [0.717, 1.165) is 13.0 Å². The third-order valence-electron chi connectivity index (χ3n) is 3.96. The first-order valence-corrected chi connectivity index (χ1v) is 8.50. The van der Waals surface area contributed by atoms with Crippen LogP contribution < -0.4 is 10.0 Å². The van der Waals surface area contributed by atoms with Crippen molar-refractivity contribution < 1.29 is 21.6 Å². The van der Waals surface area contributed by atoms with Crippen molar-refractivity contribution in [2.24, 2.45) is 5.92 Å². The second kappa shape index (κ2) is 7.38. The van der Waals surface area contributed by atoms with Crippen molar-refractivity contribution in [1.82, 2.24) is 10.0 Å². The third-order valence-corrected chi connectivity index (χ3v) is 5.45. The lowest BCUT2D eigenvalue weighted by atomic mass is 9.96. The highest BCUT2D eigenvalue weighted by Gasteiger charge is 2.34. The molecule has 2 rings (SSSR count). The third kappa shape index (κ3) is 4.82. The van der Waals surface area contributed by atoms with E-state index >= 15 is 0 Å². The molecule has 23 heavy (non-hydrogen) atoms. The average Bonchev–Trinajstić information content (AvgIpc) is 2.40. The van der Waals surface area contributed by atoms with E-state index in [-0.39, 0.29) is 34.8 Å². The monoisotopic (exact) mass is 372 g/mol. The van der Waals surface area contributed by atoms with Crippen molar-refractivity contribution >= 4 is 22.4 Å². The molecular weight excluding hydrogens is 353 g/mol. The summed E-state index contributed by atoms with van der Waals surface area (Å²) >= 11 is 0. The summed E-state index contributed by atoms with van der Waals surface area (Å²) in [6.07, 6.45) is -3.76. The van der Waals surface area contributed by atoms with Gasteiger partial charge in [-0.05, 0) is 43.5 Å². The minimum absolute atomic E-state index is 0. The normalized spacial score (nSPS) is 22.5. The molecule has 132 valence electrons. The van der Waals surface area contributed by atoms with Gasteiger partial charge >= 0.3 is 6.18 Å². The predicted molar refractivity (Wildman–Crippen MR) is 84.2 cm³/mol. The molecule has 1 aliphatic rings. The van der Waals surface area contributed by atoms with Gasteiger partial charge in [0.25, 0.3) is 0 Å². The molecule has 1 aliphatic heterocycles. The number of halogens is 4. The molecule has 4 nitrogen and oxygen atoms in total. The Balaban J connectivity index is 0.00000264. The SMILES string of the molecule is Cc1ccc(S(=O)(=O)NC2CNCCC2C)cc1C(F)(F)F.Cl. The quantitative estimate of drug-likeness (QED) is 0.857. The van der Waals surface area contributed by atoms with E-state index in [1.165, 1.54) is 19.1 Å². The van der Waals surface area contributed by atoms with E-state index in [9.17, 15) is 21.6 Å². The van der Waals surface area contributed by atoms with Crippen LogP contribution in [-0.4, -0.2) is 27.5 Å². The van der Waals surface area contributed by atoms with Crippen molar-refractivity contribution in [3.05, 3.63) is 29.3 Å². The second-order valence-corrected chi connectivity index (χ2v) is 7.39. The van der Waals surface area contributed by atoms with Crippen molar-refractivity contribution in [2.75, 3.05) is 13.1 Å². The summed E-state index contributed by atoms with van der Waals surface area (Å²) in [5.74, 6) is 0.128. The molecule has 0 amide bonds. The molecule has 2 N–H and O–H groups in total. The van der Waals surface area contributed by atoms with E-state index in [4.69, 9.17) is 0 Å². The molecule has 2 unspecified atom stereocenters. The van der Waals surface area contributed by atoms with E-state index in [0.29, 0.717) is 12.6 Å². The standard InChI is InChI=1S/C14H19F3N2O2S.ClH/c1-9-3-4-11(7-12(9)14(15,16)17)22(20,21)19-13-8-18-6-5-10(13)2;/h3-4,7,10,13,18-19H,5-6,8H2,1-2H3;1H.